The molecule has 1 atom stereocenters. The highest BCUT2D eigenvalue weighted by molar-refractivity contribution is 4.63. The van der Waals surface area contributed by atoms with Crippen LogP contribution in [0.3, 0.4) is 0 Å². The van der Waals surface area contributed by atoms with Crippen LogP contribution in [0.4, 0.5) is 0 Å². The van der Waals surface area contributed by atoms with Gasteiger partial charge in [-0.3, -0.25) is 0 Å². The van der Waals surface area contributed by atoms with E-state index in [4.69, 9.17) is 10.5 Å². The Labute approximate surface area is 57.4 Å². The fraction of sp³-hybridized carbons (Fsp3) is 1.00. The molecule has 0 aliphatic rings. The van der Waals surface area contributed by atoms with Gasteiger partial charge in [-0.25, -0.2) is 0 Å². The van der Waals surface area contributed by atoms with Gasteiger partial charge in [0.2, 0.25) is 0 Å². The molecule has 0 amide bonds. The van der Waals surface area contributed by atoms with E-state index in [0.29, 0.717) is 12.0 Å². The van der Waals surface area contributed by atoms with Gasteiger partial charge < -0.3 is 10.5 Å². The Morgan fingerprint density at radius 2 is 2.00 bits per heavy atom. The van der Waals surface area contributed by atoms with Gasteiger partial charge in [0.05, 0.1) is 0 Å². The second-order valence-corrected chi connectivity index (χ2v) is 2.69. The van der Waals surface area contributed by atoms with Gasteiger partial charge in [0, 0.05) is 19.8 Å². The first-order valence-electron chi connectivity index (χ1n) is 3.43. The van der Waals surface area contributed by atoms with E-state index >= 15 is 0 Å². The molecule has 0 saturated carbocycles. The lowest BCUT2D eigenvalue weighted by atomic mass is 10.0. The Hall–Kier alpha value is -0.0800. The quantitative estimate of drug-likeness (QED) is 0.618. The maximum absolute atomic E-state index is 5.72. The van der Waals surface area contributed by atoms with Crippen molar-refractivity contribution in [3.63, 3.8) is 0 Å². The first-order chi connectivity index (χ1) is 4.18. The molecule has 0 aromatic rings. The van der Waals surface area contributed by atoms with E-state index in [2.05, 4.69) is 13.8 Å². The van der Waals surface area contributed by atoms with Gasteiger partial charge in [0.25, 0.3) is 0 Å². The van der Waals surface area contributed by atoms with Crippen molar-refractivity contribution in [3.05, 3.63) is 0 Å². The minimum Gasteiger partial charge on any atom is -0.385 e. The van der Waals surface area contributed by atoms with Crippen molar-refractivity contribution >= 4 is 0 Å². The molecule has 0 radical (unpaired) electrons. The summed E-state index contributed by atoms with van der Waals surface area (Å²) in [5.74, 6) is 0.570. The Morgan fingerprint density at radius 3 is 2.33 bits per heavy atom. The smallest absolute Gasteiger partial charge is 0.0477 e. The number of methoxy groups -OCH3 is 1. The predicted octanol–water partition coefficient (Wildman–Crippen LogP) is 1.01. The average Bonchev–Trinajstić information content (AvgIpc) is 1.82. The van der Waals surface area contributed by atoms with Crippen LogP contribution in [0.15, 0.2) is 0 Å². The van der Waals surface area contributed by atoms with Crippen LogP contribution in [0.2, 0.25) is 0 Å². The lowest BCUT2D eigenvalue weighted by molar-refractivity contribution is 0.181. The highest BCUT2D eigenvalue weighted by Gasteiger charge is 2.05. The van der Waals surface area contributed by atoms with Gasteiger partial charge in [-0.1, -0.05) is 13.8 Å². The summed E-state index contributed by atoms with van der Waals surface area (Å²) < 4.78 is 4.88. The van der Waals surface area contributed by atoms with Gasteiger partial charge >= 0.3 is 0 Å². The summed E-state index contributed by atoms with van der Waals surface area (Å²) in [5.41, 5.74) is 5.72. The van der Waals surface area contributed by atoms with Crippen LogP contribution in [0.1, 0.15) is 20.3 Å². The Kier molecular flexibility index (Phi) is 4.72. The van der Waals surface area contributed by atoms with Gasteiger partial charge in [0.1, 0.15) is 0 Å². The molecule has 0 fully saturated rings. The molecule has 9 heavy (non-hydrogen) atoms. The van der Waals surface area contributed by atoms with Crippen LogP contribution in [0.25, 0.3) is 0 Å². The van der Waals surface area contributed by atoms with Crippen LogP contribution in [0, 0.1) is 5.92 Å². The molecular formula is C7H17NO. The number of nitrogens with two attached hydrogens (primary N) is 1. The molecule has 0 rings (SSSR count). The molecule has 0 aromatic carbocycles. The highest BCUT2D eigenvalue weighted by Crippen LogP contribution is 2.01. The number of ether oxygens (including phenoxy) is 1. The second kappa shape index (κ2) is 4.77. The van der Waals surface area contributed by atoms with Crippen LogP contribution in [0.5, 0.6) is 0 Å². The molecule has 0 bridgehead atoms. The summed E-state index contributed by atoms with van der Waals surface area (Å²) in [6.07, 6.45) is 0.966. The van der Waals surface area contributed by atoms with Crippen LogP contribution < -0.4 is 5.73 Å². The molecule has 0 heterocycles. The van der Waals surface area contributed by atoms with Crippen molar-refractivity contribution in [2.24, 2.45) is 11.7 Å². The van der Waals surface area contributed by atoms with Crippen LogP contribution >= 0.6 is 0 Å². The van der Waals surface area contributed by atoms with Crippen molar-refractivity contribution in [1.29, 1.82) is 0 Å². The number of hydrogen-bond donors (Lipinski definition) is 1. The second-order valence-electron chi connectivity index (χ2n) is 2.69. The third kappa shape index (κ3) is 4.43. The van der Waals surface area contributed by atoms with E-state index < -0.39 is 0 Å². The van der Waals surface area contributed by atoms with E-state index in [-0.39, 0.29) is 0 Å². The molecule has 2 heteroatoms. The van der Waals surface area contributed by atoms with Crippen LogP contribution in [-0.2, 0) is 4.74 Å². The van der Waals surface area contributed by atoms with E-state index in [0.717, 1.165) is 13.0 Å². The molecule has 0 spiro atoms. The molecule has 2 nitrogen and oxygen atoms in total. The van der Waals surface area contributed by atoms with Gasteiger partial charge in [-0.15, -0.1) is 0 Å². The van der Waals surface area contributed by atoms with E-state index in [9.17, 15) is 0 Å². The minimum absolute atomic E-state index is 0.296. The summed E-state index contributed by atoms with van der Waals surface area (Å²) in [6, 6.07) is 0.296. The predicted molar refractivity (Wildman–Crippen MR) is 39.3 cm³/mol. The SMILES string of the molecule is COCCC(N)C(C)C. The van der Waals surface area contributed by atoms with Gasteiger partial charge in [-0.2, -0.15) is 0 Å². The van der Waals surface area contributed by atoms with E-state index in [1.165, 1.54) is 0 Å². The summed E-state index contributed by atoms with van der Waals surface area (Å²) in [4.78, 5) is 0. The monoisotopic (exact) mass is 131 g/mol. The summed E-state index contributed by atoms with van der Waals surface area (Å²) in [6.45, 7) is 5.03. The van der Waals surface area contributed by atoms with Crippen molar-refractivity contribution in [3.8, 4) is 0 Å². The molecule has 0 aromatic heterocycles. The zero-order chi connectivity index (χ0) is 7.28. The topological polar surface area (TPSA) is 35.2 Å². The fourth-order valence-corrected chi connectivity index (χ4v) is 0.587. The molecular weight excluding hydrogens is 114 g/mol. The zero-order valence-corrected chi connectivity index (χ0v) is 6.55. The van der Waals surface area contributed by atoms with Gasteiger partial charge in [0.15, 0.2) is 0 Å². The van der Waals surface area contributed by atoms with Crippen molar-refractivity contribution in [1.82, 2.24) is 0 Å². The minimum atomic E-state index is 0.296. The third-order valence-electron chi connectivity index (χ3n) is 1.51. The van der Waals surface area contributed by atoms with Gasteiger partial charge in [-0.05, 0) is 12.3 Å². The normalized spacial score (nSPS) is 14.3. The fourth-order valence-electron chi connectivity index (χ4n) is 0.587. The first kappa shape index (κ1) is 8.92. The van der Waals surface area contributed by atoms with Crippen molar-refractivity contribution in [2.45, 2.75) is 26.3 Å². The molecule has 1 unspecified atom stereocenters. The number of rotatable bonds is 4. The summed E-state index contributed by atoms with van der Waals surface area (Å²) >= 11 is 0. The molecule has 0 aliphatic carbocycles. The highest BCUT2D eigenvalue weighted by atomic mass is 16.5. The molecule has 2 N–H and O–H groups in total. The average molecular weight is 131 g/mol. The van der Waals surface area contributed by atoms with Crippen LogP contribution in [-0.4, -0.2) is 19.8 Å². The van der Waals surface area contributed by atoms with Crippen molar-refractivity contribution < 1.29 is 4.74 Å². The zero-order valence-electron chi connectivity index (χ0n) is 6.55. The largest absolute Gasteiger partial charge is 0.385 e. The van der Waals surface area contributed by atoms with Crippen molar-refractivity contribution in [2.75, 3.05) is 13.7 Å². The molecule has 0 aliphatic heterocycles. The Bertz CT molecular complexity index is 63.9. The Morgan fingerprint density at radius 1 is 1.44 bits per heavy atom. The number of hydrogen-bond acceptors (Lipinski definition) is 2. The molecule has 0 saturated heterocycles. The maximum Gasteiger partial charge on any atom is 0.0477 e. The van der Waals surface area contributed by atoms with E-state index in [1.807, 2.05) is 0 Å². The van der Waals surface area contributed by atoms with E-state index in [1.54, 1.807) is 7.11 Å². The Balaban J connectivity index is 3.16. The lowest BCUT2D eigenvalue weighted by Gasteiger charge is -2.13. The standard InChI is InChI=1S/C7H17NO/c1-6(2)7(8)4-5-9-3/h6-7H,4-5,8H2,1-3H3. The summed E-state index contributed by atoms with van der Waals surface area (Å²) in [7, 11) is 1.70. The summed E-state index contributed by atoms with van der Waals surface area (Å²) in [5, 5.41) is 0. The molecule has 56 valence electrons. The third-order valence-corrected chi connectivity index (χ3v) is 1.51. The lowest BCUT2D eigenvalue weighted by Crippen LogP contribution is -2.27. The first-order valence-corrected chi connectivity index (χ1v) is 3.43. The maximum atomic E-state index is 5.72.